The molecule has 0 atom stereocenters. The van der Waals surface area contributed by atoms with E-state index >= 15 is 0 Å². The molecule has 1 N–H and O–H groups in total. The molecule has 0 fully saturated rings. The fourth-order valence-electron chi connectivity index (χ4n) is 2.81. The van der Waals surface area contributed by atoms with Crippen molar-refractivity contribution in [1.29, 1.82) is 0 Å². The van der Waals surface area contributed by atoms with Gasteiger partial charge in [-0.15, -0.1) is 10.2 Å². The van der Waals surface area contributed by atoms with Crippen LogP contribution in [0.1, 0.15) is 34.4 Å². The SMILES string of the molecule is CC(=O)NCCc1ccc(C(=O)CSc2nnc3cc(C)nc(C)n23)cc1F. The van der Waals surface area contributed by atoms with Crippen molar-refractivity contribution >= 4 is 29.1 Å². The molecular formula is C19H20FN5O2S. The van der Waals surface area contributed by atoms with E-state index in [0.717, 1.165) is 11.5 Å². The van der Waals surface area contributed by atoms with Crippen molar-refractivity contribution in [2.24, 2.45) is 0 Å². The van der Waals surface area contributed by atoms with Gasteiger partial charge in [0, 0.05) is 30.8 Å². The first-order valence-corrected chi connectivity index (χ1v) is 9.72. The summed E-state index contributed by atoms with van der Waals surface area (Å²) < 4.78 is 16.0. The number of carbonyl (C=O) groups is 2. The molecular weight excluding hydrogens is 381 g/mol. The molecule has 1 amide bonds. The van der Waals surface area contributed by atoms with Crippen LogP contribution in [-0.2, 0) is 11.2 Å². The van der Waals surface area contributed by atoms with E-state index < -0.39 is 5.82 Å². The van der Waals surface area contributed by atoms with Gasteiger partial charge in [-0.05, 0) is 31.9 Å². The number of halogens is 1. The summed E-state index contributed by atoms with van der Waals surface area (Å²) >= 11 is 1.24. The number of thioether (sulfide) groups is 1. The molecule has 1 aromatic carbocycles. The Hall–Kier alpha value is -2.81. The number of fused-ring (bicyclic) bond motifs is 1. The summed E-state index contributed by atoms with van der Waals surface area (Å²) in [6, 6.07) is 6.25. The summed E-state index contributed by atoms with van der Waals surface area (Å²) in [6.45, 7) is 5.49. The molecule has 0 radical (unpaired) electrons. The predicted molar refractivity (Wildman–Crippen MR) is 104 cm³/mol. The number of aryl methyl sites for hydroxylation is 2. The molecule has 0 saturated carbocycles. The Balaban J connectivity index is 1.67. The number of hydrogen-bond donors (Lipinski definition) is 1. The Labute approximate surface area is 165 Å². The maximum absolute atomic E-state index is 14.2. The Morgan fingerprint density at radius 2 is 2.00 bits per heavy atom. The van der Waals surface area contributed by atoms with Crippen molar-refractivity contribution in [3.05, 3.63) is 52.7 Å². The zero-order chi connectivity index (χ0) is 20.3. The average Bonchev–Trinajstić information content (AvgIpc) is 3.03. The molecule has 7 nitrogen and oxygen atoms in total. The monoisotopic (exact) mass is 401 g/mol. The van der Waals surface area contributed by atoms with Gasteiger partial charge in [0.25, 0.3) is 0 Å². The molecule has 3 aromatic rings. The van der Waals surface area contributed by atoms with Crippen LogP contribution in [0.2, 0.25) is 0 Å². The molecule has 0 aliphatic heterocycles. The van der Waals surface area contributed by atoms with Crippen LogP contribution in [0.3, 0.4) is 0 Å². The van der Waals surface area contributed by atoms with Crippen molar-refractivity contribution in [3.63, 3.8) is 0 Å². The van der Waals surface area contributed by atoms with E-state index in [4.69, 9.17) is 0 Å². The molecule has 2 heterocycles. The zero-order valence-corrected chi connectivity index (χ0v) is 16.6. The van der Waals surface area contributed by atoms with E-state index in [-0.39, 0.29) is 17.4 Å². The molecule has 146 valence electrons. The Kier molecular flexibility index (Phi) is 6.03. The zero-order valence-electron chi connectivity index (χ0n) is 15.8. The summed E-state index contributed by atoms with van der Waals surface area (Å²) in [4.78, 5) is 27.7. The number of benzene rings is 1. The molecule has 0 aliphatic carbocycles. The smallest absolute Gasteiger partial charge is 0.216 e. The minimum Gasteiger partial charge on any atom is -0.356 e. The Bertz CT molecular complexity index is 1050. The molecule has 0 saturated heterocycles. The van der Waals surface area contributed by atoms with Gasteiger partial charge < -0.3 is 5.32 Å². The quantitative estimate of drug-likeness (QED) is 0.483. The van der Waals surface area contributed by atoms with E-state index in [9.17, 15) is 14.0 Å². The highest BCUT2D eigenvalue weighted by Crippen LogP contribution is 2.21. The van der Waals surface area contributed by atoms with E-state index in [2.05, 4.69) is 20.5 Å². The van der Waals surface area contributed by atoms with Crippen LogP contribution in [0.25, 0.3) is 5.65 Å². The lowest BCUT2D eigenvalue weighted by atomic mass is 10.1. The second-order valence-corrected chi connectivity index (χ2v) is 7.31. The minimum atomic E-state index is -0.454. The van der Waals surface area contributed by atoms with Crippen LogP contribution in [-0.4, -0.2) is 43.6 Å². The number of ketones is 1. The summed E-state index contributed by atoms with van der Waals surface area (Å²) in [7, 11) is 0. The van der Waals surface area contributed by atoms with Crippen LogP contribution in [0.5, 0.6) is 0 Å². The average molecular weight is 401 g/mol. The maximum Gasteiger partial charge on any atom is 0.216 e. The third-order valence-electron chi connectivity index (χ3n) is 4.13. The first-order chi connectivity index (χ1) is 13.3. The highest BCUT2D eigenvalue weighted by molar-refractivity contribution is 7.99. The first kappa shape index (κ1) is 19.9. The van der Waals surface area contributed by atoms with Gasteiger partial charge in [-0.2, -0.15) is 0 Å². The van der Waals surface area contributed by atoms with Gasteiger partial charge >= 0.3 is 0 Å². The molecule has 28 heavy (non-hydrogen) atoms. The van der Waals surface area contributed by atoms with Crippen molar-refractivity contribution in [3.8, 4) is 0 Å². The first-order valence-electron chi connectivity index (χ1n) is 8.73. The molecule has 3 rings (SSSR count). The number of hydrogen-bond acceptors (Lipinski definition) is 6. The number of carbonyl (C=O) groups excluding carboxylic acids is 2. The Morgan fingerprint density at radius 1 is 1.21 bits per heavy atom. The lowest BCUT2D eigenvalue weighted by Crippen LogP contribution is -2.22. The number of amides is 1. The number of nitrogens with one attached hydrogen (secondary N) is 1. The summed E-state index contributed by atoms with van der Waals surface area (Å²) in [6.07, 6.45) is 0.367. The molecule has 2 aromatic heterocycles. The van der Waals surface area contributed by atoms with Gasteiger partial charge in [0.15, 0.2) is 16.6 Å². The van der Waals surface area contributed by atoms with Gasteiger partial charge in [0.05, 0.1) is 5.75 Å². The van der Waals surface area contributed by atoms with E-state index in [1.165, 1.54) is 24.8 Å². The lowest BCUT2D eigenvalue weighted by Gasteiger charge is -2.07. The van der Waals surface area contributed by atoms with E-state index in [1.807, 2.05) is 19.9 Å². The van der Waals surface area contributed by atoms with Gasteiger partial charge in [-0.3, -0.25) is 14.0 Å². The highest BCUT2D eigenvalue weighted by Gasteiger charge is 2.14. The topological polar surface area (TPSA) is 89.2 Å². The second-order valence-electron chi connectivity index (χ2n) is 6.37. The standard InChI is InChI=1S/C19H20FN5O2S/c1-11-8-18-23-24-19(25(18)12(2)22-11)28-10-17(27)15-5-4-14(16(20)9-15)6-7-21-13(3)26/h4-5,8-9H,6-7,10H2,1-3H3,(H,21,26). The van der Waals surface area contributed by atoms with Crippen LogP contribution < -0.4 is 5.32 Å². The Morgan fingerprint density at radius 3 is 2.71 bits per heavy atom. The lowest BCUT2D eigenvalue weighted by molar-refractivity contribution is -0.118. The van der Waals surface area contributed by atoms with Crippen LogP contribution in [0.4, 0.5) is 4.39 Å². The molecule has 0 unspecified atom stereocenters. The minimum absolute atomic E-state index is 0.110. The van der Waals surface area contributed by atoms with Crippen LogP contribution >= 0.6 is 11.8 Å². The summed E-state index contributed by atoms with van der Waals surface area (Å²) in [5.41, 5.74) is 2.28. The molecule has 9 heteroatoms. The van der Waals surface area contributed by atoms with E-state index in [0.29, 0.717) is 34.9 Å². The third-order valence-corrected chi connectivity index (χ3v) is 5.06. The maximum atomic E-state index is 14.2. The van der Waals surface area contributed by atoms with Gasteiger partial charge in [0.1, 0.15) is 11.6 Å². The number of nitrogens with zero attached hydrogens (tertiary/aromatic N) is 4. The van der Waals surface area contributed by atoms with Gasteiger partial charge in [-0.25, -0.2) is 9.37 Å². The van der Waals surface area contributed by atoms with Crippen molar-refractivity contribution < 1.29 is 14.0 Å². The number of Topliss-reactive ketones (excluding diaryl/α,β-unsaturated/α-hetero) is 1. The van der Waals surface area contributed by atoms with Gasteiger partial charge in [0.2, 0.25) is 5.91 Å². The highest BCUT2D eigenvalue weighted by atomic mass is 32.2. The van der Waals surface area contributed by atoms with Crippen molar-refractivity contribution in [2.75, 3.05) is 12.3 Å². The largest absolute Gasteiger partial charge is 0.356 e. The normalized spacial score (nSPS) is 11.0. The van der Waals surface area contributed by atoms with Crippen molar-refractivity contribution in [1.82, 2.24) is 24.9 Å². The van der Waals surface area contributed by atoms with Crippen LogP contribution in [0, 0.1) is 19.7 Å². The second kappa shape index (κ2) is 8.47. The molecule has 0 aliphatic rings. The predicted octanol–water partition coefficient (Wildman–Crippen LogP) is 2.53. The summed E-state index contributed by atoms with van der Waals surface area (Å²) in [5.74, 6) is 0.0329. The molecule has 0 bridgehead atoms. The van der Waals surface area contributed by atoms with E-state index in [1.54, 1.807) is 16.5 Å². The number of rotatable bonds is 7. The number of aromatic nitrogens is 4. The summed E-state index contributed by atoms with van der Waals surface area (Å²) in [5, 5.41) is 11.4. The van der Waals surface area contributed by atoms with Crippen molar-refractivity contribution in [2.45, 2.75) is 32.3 Å². The van der Waals surface area contributed by atoms with Crippen LogP contribution in [0.15, 0.2) is 29.4 Å². The molecule has 0 spiro atoms. The third kappa shape index (κ3) is 4.53. The fraction of sp³-hybridized carbons (Fsp3) is 0.316. The van der Waals surface area contributed by atoms with Gasteiger partial charge in [-0.1, -0.05) is 23.9 Å². The fourth-order valence-corrected chi connectivity index (χ4v) is 3.69.